The molecule has 112 valence electrons. The van der Waals surface area contributed by atoms with Crippen molar-refractivity contribution in [3.8, 4) is 11.3 Å². The average Bonchev–Trinajstić information content (AvgIpc) is 2.96. The highest BCUT2D eigenvalue weighted by atomic mass is 15.3. The van der Waals surface area contributed by atoms with Gasteiger partial charge in [0, 0.05) is 12.1 Å². The van der Waals surface area contributed by atoms with Gasteiger partial charge >= 0.3 is 0 Å². The molecular formula is C19H21N3. The van der Waals surface area contributed by atoms with E-state index in [1.54, 1.807) is 0 Å². The van der Waals surface area contributed by atoms with Crippen LogP contribution in [-0.2, 0) is 0 Å². The minimum absolute atomic E-state index is 0.905. The van der Waals surface area contributed by atoms with Crippen LogP contribution in [0.4, 0.5) is 5.82 Å². The second kappa shape index (κ2) is 6.06. The normalized spacial score (nSPS) is 10.8. The van der Waals surface area contributed by atoms with E-state index in [0.717, 1.165) is 46.7 Å². The fourth-order valence-corrected chi connectivity index (χ4v) is 2.50. The number of nitrogens with zero attached hydrogens (tertiary/aromatic N) is 2. The minimum atomic E-state index is 0.905. The maximum absolute atomic E-state index is 4.71. The van der Waals surface area contributed by atoms with Crippen LogP contribution in [0.1, 0.15) is 25.8 Å². The summed E-state index contributed by atoms with van der Waals surface area (Å²) in [5, 5.41) is 8.05. The molecule has 3 heteroatoms. The predicted molar refractivity (Wildman–Crippen MR) is 94.1 cm³/mol. The van der Waals surface area contributed by atoms with Crippen LogP contribution >= 0.6 is 0 Å². The number of anilines is 1. The number of benzene rings is 1. The third-order valence-corrected chi connectivity index (χ3v) is 3.71. The number of rotatable bonds is 5. The van der Waals surface area contributed by atoms with Gasteiger partial charge in [-0.3, -0.25) is 0 Å². The van der Waals surface area contributed by atoms with Crippen molar-refractivity contribution >= 4 is 16.9 Å². The lowest BCUT2D eigenvalue weighted by atomic mass is 10.0. The van der Waals surface area contributed by atoms with E-state index in [1.807, 2.05) is 17.5 Å². The number of hydrogen-bond donors (Lipinski definition) is 1. The molecule has 0 saturated carbocycles. The van der Waals surface area contributed by atoms with Gasteiger partial charge in [0.1, 0.15) is 5.82 Å². The van der Waals surface area contributed by atoms with E-state index in [1.165, 1.54) is 0 Å². The highest BCUT2D eigenvalue weighted by molar-refractivity contribution is 5.72. The molecule has 0 amide bonds. The topological polar surface area (TPSA) is 29.3 Å². The van der Waals surface area contributed by atoms with E-state index in [4.69, 9.17) is 5.10 Å². The molecular weight excluding hydrogens is 270 g/mol. The molecule has 0 aliphatic carbocycles. The smallest absolute Gasteiger partial charge is 0.146 e. The van der Waals surface area contributed by atoms with Gasteiger partial charge in [-0.2, -0.15) is 0 Å². The van der Waals surface area contributed by atoms with Gasteiger partial charge in [0.15, 0.2) is 0 Å². The van der Waals surface area contributed by atoms with Gasteiger partial charge < -0.3 is 5.32 Å². The SMILES string of the molecule is C=C(C)c1cccc(-c2ccc3ccc(NCCC)nn23)c1. The lowest BCUT2D eigenvalue weighted by Gasteiger charge is -2.08. The Bertz CT molecular complexity index is 814. The van der Waals surface area contributed by atoms with Crippen LogP contribution in [0.25, 0.3) is 22.3 Å². The molecule has 2 aromatic heterocycles. The second-order valence-electron chi connectivity index (χ2n) is 5.56. The van der Waals surface area contributed by atoms with Crippen molar-refractivity contribution in [2.75, 3.05) is 11.9 Å². The predicted octanol–water partition coefficient (Wildman–Crippen LogP) is 4.86. The van der Waals surface area contributed by atoms with Crippen molar-refractivity contribution in [3.63, 3.8) is 0 Å². The largest absolute Gasteiger partial charge is 0.369 e. The summed E-state index contributed by atoms with van der Waals surface area (Å²) in [7, 11) is 0. The zero-order chi connectivity index (χ0) is 15.5. The molecule has 0 radical (unpaired) electrons. The van der Waals surface area contributed by atoms with E-state index >= 15 is 0 Å². The quantitative estimate of drug-likeness (QED) is 0.727. The summed E-state index contributed by atoms with van der Waals surface area (Å²) in [6.45, 7) is 9.13. The Hall–Kier alpha value is -2.55. The Kier molecular flexibility index (Phi) is 3.96. The summed E-state index contributed by atoms with van der Waals surface area (Å²) < 4.78 is 2.00. The van der Waals surface area contributed by atoms with Crippen LogP contribution in [0.2, 0.25) is 0 Å². The molecule has 1 N–H and O–H groups in total. The first-order valence-corrected chi connectivity index (χ1v) is 7.68. The highest BCUT2D eigenvalue weighted by Crippen LogP contribution is 2.25. The van der Waals surface area contributed by atoms with Crippen LogP contribution in [0.3, 0.4) is 0 Å². The molecule has 0 atom stereocenters. The van der Waals surface area contributed by atoms with E-state index in [9.17, 15) is 0 Å². The zero-order valence-corrected chi connectivity index (χ0v) is 13.1. The molecule has 3 nitrogen and oxygen atoms in total. The lowest BCUT2D eigenvalue weighted by Crippen LogP contribution is -2.04. The van der Waals surface area contributed by atoms with Crippen LogP contribution in [0, 0.1) is 0 Å². The Morgan fingerprint density at radius 3 is 2.77 bits per heavy atom. The third-order valence-electron chi connectivity index (χ3n) is 3.71. The van der Waals surface area contributed by atoms with Crippen molar-refractivity contribution in [2.24, 2.45) is 0 Å². The molecule has 2 heterocycles. The van der Waals surface area contributed by atoms with E-state index in [-0.39, 0.29) is 0 Å². The molecule has 1 aromatic carbocycles. The van der Waals surface area contributed by atoms with Crippen LogP contribution in [0.5, 0.6) is 0 Å². The van der Waals surface area contributed by atoms with Crippen molar-refractivity contribution < 1.29 is 0 Å². The molecule has 0 saturated heterocycles. The van der Waals surface area contributed by atoms with Gasteiger partial charge in [-0.05, 0) is 49.2 Å². The number of nitrogens with one attached hydrogen (secondary N) is 1. The van der Waals surface area contributed by atoms with Gasteiger partial charge in [0.2, 0.25) is 0 Å². The lowest BCUT2D eigenvalue weighted by molar-refractivity contribution is 0.913. The van der Waals surface area contributed by atoms with Gasteiger partial charge in [0.25, 0.3) is 0 Å². The Morgan fingerprint density at radius 2 is 2.00 bits per heavy atom. The Morgan fingerprint density at radius 1 is 1.18 bits per heavy atom. The number of hydrogen-bond acceptors (Lipinski definition) is 2. The molecule has 3 rings (SSSR count). The van der Waals surface area contributed by atoms with Gasteiger partial charge in [0.05, 0.1) is 11.2 Å². The second-order valence-corrected chi connectivity index (χ2v) is 5.56. The van der Waals surface area contributed by atoms with Crippen molar-refractivity contribution in [1.82, 2.24) is 9.61 Å². The summed E-state index contributed by atoms with van der Waals surface area (Å²) in [6.07, 6.45) is 1.08. The molecule has 0 aliphatic heterocycles. The first kappa shape index (κ1) is 14.4. The Balaban J connectivity index is 2.06. The number of allylic oxidation sites excluding steroid dienone is 1. The van der Waals surface area contributed by atoms with E-state index in [0.29, 0.717) is 0 Å². The number of aromatic nitrogens is 2. The monoisotopic (exact) mass is 291 g/mol. The molecule has 0 bridgehead atoms. The first-order chi connectivity index (χ1) is 10.7. The first-order valence-electron chi connectivity index (χ1n) is 7.68. The van der Waals surface area contributed by atoms with Gasteiger partial charge in [-0.1, -0.05) is 37.3 Å². The highest BCUT2D eigenvalue weighted by Gasteiger charge is 2.07. The van der Waals surface area contributed by atoms with Crippen LogP contribution in [0.15, 0.2) is 55.1 Å². The summed E-state index contributed by atoms with van der Waals surface area (Å²) >= 11 is 0. The summed E-state index contributed by atoms with van der Waals surface area (Å²) in [5.41, 5.74) is 5.57. The van der Waals surface area contributed by atoms with Crippen molar-refractivity contribution in [2.45, 2.75) is 20.3 Å². The fraction of sp³-hybridized carbons (Fsp3) is 0.211. The number of fused-ring (bicyclic) bond motifs is 1. The van der Waals surface area contributed by atoms with Gasteiger partial charge in [-0.15, -0.1) is 5.10 Å². The third kappa shape index (κ3) is 2.75. The molecule has 22 heavy (non-hydrogen) atoms. The van der Waals surface area contributed by atoms with Crippen molar-refractivity contribution in [3.05, 3.63) is 60.7 Å². The van der Waals surface area contributed by atoms with E-state index in [2.05, 4.69) is 61.3 Å². The maximum atomic E-state index is 4.71. The summed E-state index contributed by atoms with van der Waals surface area (Å²) in [4.78, 5) is 0. The molecule has 0 spiro atoms. The molecule has 0 aliphatic rings. The van der Waals surface area contributed by atoms with Crippen LogP contribution in [-0.4, -0.2) is 16.2 Å². The molecule has 0 fully saturated rings. The van der Waals surface area contributed by atoms with E-state index < -0.39 is 0 Å². The maximum Gasteiger partial charge on any atom is 0.146 e. The van der Waals surface area contributed by atoms with Crippen LogP contribution < -0.4 is 5.32 Å². The standard InChI is InChI=1S/C19H21N3/c1-4-12-20-19-11-9-17-8-10-18(22(17)21-19)16-7-5-6-15(13-16)14(2)3/h5-11,13H,2,4,12H2,1,3H3,(H,20,21). The Labute approximate surface area is 131 Å². The van der Waals surface area contributed by atoms with Crippen molar-refractivity contribution in [1.29, 1.82) is 0 Å². The average molecular weight is 291 g/mol. The molecule has 3 aromatic rings. The summed E-state index contributed by atoms with van der Waals surface area (Å²) in [5.74, 6) is 0.905. The van der Waals surface area contributed by atoms with Gasteiger partial charge in [-0.25, -0.2) is 4.52 Å². The zero-order valence-electron chi connectivity index (χ0n) is 13.1. The minimum Gasteiger partial charge on any atom is -0.369 e. The molecule has 0 unspecified atom stereocenters. The fourth-order valence-electron chi connectivity index (χ4n) is 2.50. The summed E-state index contributed by atoms with van der Waals surface area (Å²) in [6, 6.07) is 16.8.